The first-order valence-electron chi connectivity index (χ1n) is 8.81. The van der Waals surface area contributed by atoms with Gasteiger partial charge in [-0.25, -0.2) is 0 Å². The lowest BCUT2D eigenvalue weighted by Gasteiger charge is -2.31. The van der Waals surface area contributed by atoms with Crippen LogP contribution in [0.25, 0.3) is 0 Å². The van der Waals surface area contributed by atoms with Gasteiger partial charge < -0.3 is 9.47 Å². The molecule has 0 spiro atoms. The molecule has 2 saturated heterocycles. The normalized spacial score (nSPS) is 22.2. The number of ether oxygens (including phenoxy) is 2. The lowest BCUT2D eigenvalue weighted by Crippen LogP contribution is -2.32. The Morgan fingerprint density at radius 1 is 1.04 bits per heavy atom. The van der Waals surface area contributed by atoms with Crippen LogP contribution in [0.5, 0.6) is 11.5 Å². The summed E-state index contributed by atoms with van der Waals surface area (Å²) in [6, 6.07) is 10.8. The number of nitrogens with zero attached hydrogens (tertiary/aromatic N) is 2. The van der Waals surface area contributed by atoms with E-state index in [1.54, 1.807) is 31.3 Å². The molecule has 2 aromatic carbocycles. The molecule has 0 saturated carbocycles. The average molecular weight is 407 g/mol. The molecule has 142 valence electrons. The number of anilines is 1. The molecule has 2 aromatic rings. The number of methoxy groups -OCH3 is 2. The van der Waals surface area contributed by atoms with Gasteiger partial charge in [0.1, 0.15) is 17.7 Å². The lowest BCUT2D eigenvalue weighted by molar-refractivity contribution is -0.119. The largest absolute Gasteiger partial charge is 0.497 e. The summed E-state index contributed by atoms with van der Waals surface area (Å²) in [5.74, 6) is 1.50. The Kier molecular flexibility index (Phi) is 4.93. The lowest BCUT2D eigenvalue weighted by atomic mass is 10.1. The Bertz CT molecular complexity index is 890. The summed E-state index contributed by atoms with van der Waals surface area (Å²) in [5, 5.41) is 0.883. The maximum atomic E-state index is 13.3. The number of fused-ring (bicyclic) bond motifs is 1. The van der Waals surface area contributed by atoms with Crippen molar-refractivity contribution in [3.8, 4) is 11.5 Å². The summed E-state index contributed by atoms with van der Waals surface area (Å²) in [5.41, 5.74) is 1.61. The minimum Gasteiger partial charge on any atom is -0.497 e. The van der Waals surface area contributed by atoms with Crippen molar-refractivity contribution >= 4 is 34.8 Å². The first kappa shape index (κ1) is 18.4. The highest BCUT2D eigenvalue weighted by Gasteiger charge is 2.50. The fourth-order valence-electron chi connectivity index (χ4n) is 4.04. The number of halogens is 2. The second kappa shape index (κ2) is 7.23. The second-order valence-electron chi connectivity index (χ2n) is 6.68. The number of carbonyl (C=O) groups is 1. The SMILES string of the molecule is COc1ccc(OC)c(C2N(c3ccc(Cl)c(Cl)c3)C(=O)C3CCCN32)c1. The van der Waals surface area contributed by atoms with Gasteiger partial charge in [-0.15, -0.1) is 0 Å². The predicted molar refractivity (Wildman–Crippen MR) is 106 cm³/mol. The monoisotopic (exact) mass is 406 g/mol. The van der Waals surface area contributed by atoms with Gasteiger partial charge in [0, 0.05) is 17.8 Å². The van der Waals surface area contributed by atoms with Crippen molar-refractivity contribution in [2.75, 3.05) is 25.7 Å². The minimum absolute atomic E-state index is 0.0702. The van der Waals surface area contributed by atoms with E-state index in [1.807, 2.05) is 24.3 Å². The molecule has 2 aliphatic heterocycles. The summed E-state index contributed by atoms with van der Waals surface area (Å²) < 4.78 is 11.0. The second-order valence-corrected chi connectivity index (χ2v) is 7.50. The molecule has 4 rings (SSSR count). The van der Waals surface area contributed by atoms with E-state index < -0.39 is 0 Å². The fourth-order valence-corrected chi connectivity index (χ4v) is 4.33. The van der Waals surface area contributed by atoms with E-state index in [-0.39, 0.29) is 18.1 Å². The van der Waals surface area contributed by atoms with E-state index in [2.05, 4.69) is 4.90 Å². The summed E-state index contributed by atoms with van der Waals surface area (Å²) in [7, 11) is 3.26. The highest BCUT2D eigenvalue weighted by molar-refractivity contribution is 6.42. The van der Waals surface area contributed by atoms with E-state index in [9.17, 15) is 4.79 Å². The van der Waals surface area contributed by atoms with Crippen LogP contribution in [0, 0.1) is 0 Å². The number of benzene rings is 2. The Hall–Kier alpha value is -1.95. The van der Waals surface area contributed by atoms with Gasteiger partial charge in [0.25, 0.3) is 0 Å². The van der Waals surface area contributed by atoms with Crippen molar-refractivity contribution in [3.05, 3.63) is 52.0 Å². The number of amides is 1. The average Bonchev–Trinajstić information content (AvgIpc) is 3.25. The minimum atomic E-state index is -0.285. The Morgan fingerprint density at radius 3 is 2.56 bits per heavy atom. The predicted octanol–water partition coefficient (Wildman–Crippen LogP) is 4.52. The first-order valence-corrected chi connectivity index (χ1v) is 9.56. The maximum absolute atomic E-state index is 13.3. The molecule has 2 unspecified atom stereocenters. The van der Waals surface area contributed by atoms with Crippen molar-refractivity contribution in [2.45, 2.75) is 25.0 Å². The summed E-state index contributed by atoms with van der Waals surface area (Å²) in [4.78, 5) is 17.3. The van der Waals surface area contributed by atoms with E-state index in [1.165, 1.54) is 0 Å². The molecule has 7 heteroatoms. The van der Waals surface area contributed by atoms with Crippen LogP contribution in [0.4, 0.5) is 5.69 Å². The molecule has 1 amide bonds. The summed E-state index contributed by atoms with van der Waals surface area (Å²) in [6.45, 7) is 0.846. The number of hydrogen-bond acceptors (Lipinski definition) is 4. The standard InChI is InChI=1S/C20H20Cl2N2O3/c1-26-13-6-8-18(27-2)14(11-13)19-23-9-3-4-17(23)20(25)24(19)12-5-7-15(21)16(22)10-12/h5-8,10-11,17,19H,3-4,9H2,1-2H3. The van der Waals surface area contributed by atoms with Gasteiger partial charge in [-0.2, -0.15) is 0 Å². The van der Waals surface area contributed by atoms with Gasteiger partial charge in [-0.3, -0.25) is 14.6 Å². The van der Waals surface area contributed by atoms with Gasteiger partial charge in [0.05, 0.1) is 30.3 Å². The third-order valence-electron chi connectivity index (χ3n) is 5.27. The zero-order chi connectivity index (χ0) is 19.1. The Labute approximate surface area is 168 Å². The smallest absolute Gasteiger partial charge is 0.246 e. The molecular formula is C20H20Cl2N2O3. The molecule has 2 aliphatic rings. The van der Waals surface area contributed by atoms with Crippen molar-refractivity contribution < 1.29 is 14.3 Å². The quantitative estimate of drug-likeness (QED) is 0.748. The van der Waals surface area contributed by atoms with Crippen LogP contribution >= 0.6 is 23.2 Å². The summed E-state index contributed by atoms with van der Waals surface area (Å²) in [6.07, 6.45) is 1.56. The van der Waals surface area contributed by atoms with Crippen LogP contribution in [-0.4, -0.2) is 37.6 Å². The molecule has 2 fully saturated rings. The van der Waals surface area contributed by atoms with Gasteiger partial charge >= 0.3 is 0 Å². The van der Waals surface area contributed by atoms with Gasteiger partial charge in [0.2, 0.25) is 5.91 Å². The summed E-state index contributed by atoms with van der Waals surface area (Å²) >= 11 is 12.3. The van der Waals surface area contributed by atoms with E-state index in [0.29, 0.717) is 15.8 Å². The molecule has 0 N–H and O–H groups in total. The Morgan fingerprint density at radius 2 is 1.85 bits per heavy atom. The van der Waals surface area contributed by atoms with E-state index in [4.69, 9.17) is 32.7 Å². The number of rotatable bonds is 4. The van der Waals surface area contributed by atoms with E-state index in [0.717, 1.165) is 36.4 Å². The maximum Gasteiger partial charge on any atom is 0.246 e. The molecule has 2 atom stereocenters. The molecule has 0 aliphatic carbocycles. The van der Waals surface area contributed by atoms with Crippen molar-refractivity contribution in [2.24, 2.45) is 0 Å². The zero-order valence-electron chi connectivity index (χ0n) is 15.1. The van der Waals surface area contributed by atoms with Crippen molar-refractivity contribution in [3.63, 3.8) is 0 Å². The van der Waals surface area contributed by atoms with Crippen LogP contribution in [0.1, 0.15) is 24.6 Å². The van der Waals surface area contributed by atoms with Gasteiger partial charge in [-0.1, -0.05) is 23.2 Å². The van der Waals surface area contributed by atoms with E-state index >= 15 is 0 Å². The zero-order valence-corrected chi connectivity index (χ0v) is 16.6. The molecule has 0 bridgehead atoms. The molecule has 5 nitrogen and oxygen atoms in total. The number of hydrogen-bond donors (Lipinski definition) is 0. The van der Waals surface area contributed by atoms with Gasteiger partial charge in [-0.05, 0) is 49.2 Å². The highest BCUT2D eigenvalue weighted by Crippen LogP contribution is 2.46. The molecular weight excluding hydrogens is 387 g/mol. The van der Waals surface area contributed by atoms with Crippen LogP contribution in [0.15, 0.2) is 36.4 Å². The molecule has 2 heterocycles. The fraction of sp³-hybridized carbons (Fsp3) is 0.350. The van der Waals surface area contributed by atoms with Crippen LogP contribution in [0.2, 0.25) is 10.0 Å². The van der Waals surface area contributed by atoms with Gasteiger partial charge in [0.15, 0.2) is 0 Å². The third-order valence-corrected chi connectivity index (χ3v) is 6.01. The highest BCUT2D eigenvalue weighted by atomic mass is 35.5. The van der Waals surface area contributed by atoms with Crippen LogP contribution in [-0.2, 0) is 4.79 Å². The van der Waals surface area contributed by atoms with Crippen LogP contribution in [0.3, 0.4) is 0 Å². The van der Waals surface area contributed by atoms with Crippen molar-refractivity contribution in [1.82, 2.24) is 4.90 Å². The molecule has 27 heavy (non-hydrogen) atoms. The molecule has 0 aromatic heterocycles. The molecule has 0 radical (unpaired) electrons. The topological polar surface area (TPSA) is 42.0 Å². The van der Waals surface area contributed by atoms with Crippen LogP contribution < -0.4 is 14.4 Å². The van der Waals surface area contributed by atoms with Crippen molar-refractivity contribution in [1.29, 1.82) is 0 Å². The third kappa shape index (κ3) is 3.04. The first-order chi connectivity index (χ1) is 13.0. The Balaban J connectivity index is 1.87. The number of carbonyl (C=O) groups excluding carboxylic acids is 1.